The monoisotopic (exact) mass is 209 g/mol. The molecule has 4 nitrogen and oxygen atoms in total. The third-order valence-corrected chi connectivity index (χ3v) is 3.26. The van der Waals surface area contributed by atoms with Gasteiger partial charge in [0.05, 0.1) is 0 Å². The molecule has 0 bridgehead atoms. The molecule has 0 atom stereocenters. The van der Waals surface area contributed by atoms with Crippen molar-refractivity contribution in [1.29, 1.82) is 0 Å². The summed E-state index contributed by atoms with van der Waals surface area (Å²) >= 11 is 0. The number of imidazole rings is 1. The molecule has 1 aromatic heterocycles. The van der Waals surface area contributed by atoms with Gasteiger partial charge in [-0.15, -0.1) is 0 Å². The van der Waals surface area contributed by atoms with E-state index >= 15 is 0 Å². The van der Waals surface area contributed by atoms with Crippen molar-refractivity contribution in [2.75, 3.05) is 13.2 Å². The average Bonchev–Trinajstić information content (AvgIpc) is 2.62. The van der Waals surface area contributed by atoms with Gasteiger partial charge in [-0.1, -0.05) is 0 Å². The third kappa shape index (κ3) is 2.58. The van der Waals surface area contributed by atoms with Crippen molar-refractivity contribution in [3.8, 4) is 0 Å². The second-order valence-electron chi connectivity index (χ2n) is 4.43. The lowest BCUT2D eigenvalue weighted by atomic mass is 9.86. The molecule has 1 aliphatic heterocycles. The van der Waals surface area contributed by atoms with Gasteiger partial charge in [0, 0.05) is 44.6 Å². The van der Waals surface area contributed by atoms with Crippen molar-refractivity contribution < 1.29 is 4.74 Å². The van der Waals surface area contributed by atoms with Gasteiger partial charge in [-0.3, -0.25) is 0 Å². The highest BCUT2D eigenvalue weighted by Gasteiger charge is 2.27. The fourth-order valence-corrected chi connectivity index (χ4v) is 2.03. The Balaban J connectivity index is 1.89. The van der Waals surface area contributed by atoms with Gasteiger partial charge in [0.2, 0.25) is 0 Å². The van der Waals surface area contributed by atoms with Crippen LogP contribution in [0.5, 0.6) is 0 Å². The SMILES string of the molecule is Cn1ccnc1CCC1(N)CCOCC1. The van der Waals surface area contributed by atoms with Crippen LogP contribution in [0, 0.1) is 0 Å². The van der Waals surface area contributed by atoms with E-state index in [0.717, 1.165) is 44.7 Å². The highest BCUT2D eigenvalue weighted by atomic mass is 16.5. The van der Waals surface area contributed by atoms with E-state index in [4.69, 9.17) is 10.5 Å². The minimum absolute atomic E-state index is 0.0375. The molecule has 1 aliphatic rings. The van der Waals surface area contributed by atoms with Crippen LogP contribution in [0.2, 0.25) is 0 Å². The smallest absolute Gasteiger partial charge is 0.108 e. The van der Waals surface area contributed by atoms with E-state index in [2.05, 4.69) is 9.55 Å². The molecule has 1 saturated heterocycles. The average molecular weight is 209 g/mol. The predicted octanol–water partition coefficient (Wildman–Crippen LogP) is 0.861. The normalized spacial score (nSPS) is 20.4. The van der Waals surface area contributed by atoms with E-state index in [1.165, 1.54) is 0 Å². The molecule has 0 aliphatic carbocycles. The van der Waals surface area contributed by atoms with Gasteiger partial charge in [-0.2, -0.15) is 0 Å². The Kier molecular flexibility index (Phi) is 3.07. The second-order valence-corrected chi connectivity index (χ2v) is 4.43. The molecule has 2 N–H and O–H groups in total. The van der Waals surface area contributed by atoms with Crippen LogP contribution in [0.1, 0.15) is 25.1 Å². The van der Waals surface area contributed by atoms with Crippen LogP contribution in [0.4, 0.5) is 0 Å². The van der Waals surface area contributed by atoms with Crippen LogP contribution in [0.3, 0.4) is 0 Å². The minimum atomic E-state index is -0.0375. The van der Waals surface area contributed by atoms with Crippen molar-refractivity contribution in [3.63, 3.8) is 0 Å². The molecule has 4 heteroatoms. The van der Waals surface area contributed by atoms with Crippen LogP contribution in [-0.4, -0.2) is 28.3 Å². The van der Waals surface area contributed by atoms with Crippen LogP contribution in [0.15, 0.2) is 12.4 Å². The Bertz CT molecular complexity index is 315. The van der Waals surface area contributed by atoms with Gasteiger partial charge < -0.3 is 15.0 Å². The zero-order valence-electron chi connectivity index (χ0n) is 9.28. The standard InChI is InChI=1S/C11H19N3O/c1-14-7-6-13-10(14)2-3-11(12)4-8-15-9-5-11/h6-7H,2-5,8-9,12H2,1H3. The summed E-state index contributed by atoms with van der Waals surface area (Å²) < 4.78 is 7.38. The Morgan fingerprint density at radius 1 is 1.53 bits per heavy atom. The van der Waals surface area contributed by atoms with Crippen molar-refractivity contribution in [2.24, 2.45) is 12.8 Å². The summed E-state index contributed by atoms with van der Waals surface area (Å²) in [6.45, 7) is 1.61. The second kappa shape index (κ2) is 4.33. The summed E-state index contributed by atoms with van der Waals surface area (Å²) in [5.74, 6) is 1.12. The molecule has 0 aromatic carbocycles. The maximum absolute atomic E-state index is 6.31. The van der Waals surface area contributed by atoms with Gasteiger partial charge in [-0.05, 0) is 19.3 Å². The lowest BCUT2D eigenvalue weighted by Crippen LogP contribution is -2.45. The highest BCUT2D eigenvalue weighted by molar-refractivity contribution is 4.95. The van der Waals surface area contributed by atoms with E-state index in [0.29, 0.717) is 0 Å². The summed E-state index contributed by atoms with van der Waals surface area (Å²) in [6.07, 6.45) is 7.71. The number of aryl methyl sites for hydroxylation is 2. The predicted molar refractivity (Wildman–Crippen MR) is 58.5 cm³/mol. The Morgan fingerprint density at radius 2 is 2.27 bits per heavy atom. The fourth-order valence-electron chi connectivity index (χ4n) is 2.03. The lowest BCUT2D eigenvalue weighted by molar-refractivity contribution is 0.0501. The van der Waals surface area contributed by atoms with Crippen molar-refractivity contribution in [3.05, 3.63) is 18.2 Å². The molecular weight excluding hydrogens is 190 g/mol. The molecule has 15 heavy (non-hydrogen) atoms. The lowest BCUT2D eigenvalue weighted by Gasteiger charge is -2.33. The fraction of sp³-hybridized carbons (Fsp3) is 0.727. The Hall–Kier alpha value is -0.870. The number of rotatable bonds is 3. The van der Waals surface area contributed by atoms with E-state index in [-0.39, 0.29) is 5.54 Å². The molecule has 1 aromatic rings. The van der Waals surface area contributed by atoms with Crippen LogP contribution >= 0.6 is 0 Å². The van der Waals surface area contributed by atoms with E-state index in [1.54, 1.807) is 0 Å². The number of aromatic nitrogens is 2. The maximum Gasteiger partial charge on any atom is 0.108 e. The topological polar surface area (TPSA) is 53.1 Å². The molecule has 2 heterocycles. The Morgan fingerprint density at radius 3 is 2.87 bits per heavy atom. The van der Waals surface area contributed by atoms with Gasteiger partial charge in [0.25, 0.3) is 0 Å². The van der Waals surface area contributed by atoms with E-state index in [9.17, 15) is 0 Å². The summed E-state index contributed by atoms with van der Waals surface area (Å²) in [5.41, 5.74) is 6.27. The first-order valence-corrected chi connectivity index (χ1v) is 5.52. The molecule has 0 saturated carbocycles. The van der Waals surface area contributed by atoms with Gasteiger partial charge in [0.15, 0.2) is 0 Å². The molecule has 84 valence electrons. The van der Waals surface area contributed by atoms with E-state index in [1.807, 2.05) is 19.4 Å². The van der Waals surface area contributed by atoms with Crippen molar-refractivity contribution in [1.82, 2.24) is 9.55 Å². The molecule has 1 fully saturated rings. The number of hydrogen-bond acceptors (Lipinski definition) is 3. The van der Waals surface area contributed by atoms with Crippen LogP contribution < -0.4 is 5.73 Å². The van der Waals surface area contributed by atoms with Crippen LogP contribution in [-0.2, 0) is 18.2 Å². The quantitative estimate of drug-likeness (QED) is 0.803. The summed E-state index contributed by atoms with van der Waals surface area (Å²) in [4.78, 5) is 4.31. The first kappa shape index (κ1) is 10.6. The third-order valence-electron chi connectivity index (χ3n) is 3.26. The van der Waals surface area contributed by atoms with Crippen molar-refractivity contribution >= 4 is 0 Å². The zero-order chi connectivity index (χ0) is 10.7. The molecule has 0 radical (unpaired) electrons. The first-order chi connectivity index (χ1) is 7.20. The first-order valence-electron chi connectivity index (χ1n) is 5.52. The van der Waals surface area contributed by atoms with Gasteiger partial charge >= 0.3 is 0 Å². The largest absolute Gasteiger partial charge is 0.381 e. The van der Waals surface area contributed by atoms with Gasteiger partial charge in [0.1, 0.15) is 5.82 Å². The van der Waals surface area contributed by atoms with Gasteiger partial charge in [-0.25, -0.2) is 4.98 Å². The number of hydrogen-bond donors (Lipinski definition) is 1. The summed E-state index contributed by atoms with van der Waals surface area (Å²) in [7, 11) is 2.02. The number of ether oxygens (including phenoxy) is 1. The summed E-state index contributed by atoms with van der Waals surface area (Å²) in [5, 5.41) is 0. The van der Waals surface area contributed by atoms with E-state index < -0.39 is 0 Å². The maximum atomic E-state index is 6.31. The molecule has 0 spiro atoms. The summed E-state index contributed by atoms with van der Waals surface area (Å²) in [6, 6.07) is 0. The molecule has 0 unspecified atom stereocenters. The molecule has 2 rings (SSSR count). The Labute approximate surface area is 90.4 Å². The number of nitrogens with zero attached hydrogens (tertiary/aromatic N) is 2. The molecular formula is C11H19N3O. The number of nitrogens with two attached hydrogens (primary N) is 1. The molecule has 0 amide bonds. The minimum Gasteiger partial charge on any atom is -0.381 e. The van der Waals surface area contributed by atoms with Crippen LogP contribution in [0.25, 0.3) is 0 Å². The zero-order valence-corrected chi connectivity index (χ0v) is 9.28. The highest BCUT2D eigenvalue weighted by Crippen LogP contribution is 2.22. The van der Waals surface area contributed by atoms with Crippen molar-refractivity contribution in [2.45, 2.75) is 31.2 Å².